The molecule has 0 spiro atoms. The Labute approximate surface area is 120 Å². The Bertz CT molecular complexity index is 584. The lowest BCUT2D eigenvalue weighted by atomic mass is 10.0. The molecular formula is C15H14BrNO2. The van der Waals surface area contributed by atoms with Crippen LogP contribution in [0.2, 0.25) is 0 Å². The third-order valence-electron chi connectivity index (χ3n) is 2.85. The van der Waals surface area contributed by atoms with E-state index in [0.717, 1.165) is 21.3 Å². The summed E-state index contributed by atoms with van der Waals surface area (Å²) in [6.07, 6.45) is 0. The molecule has 0 saturated heterocycles. The van der Waals surface area contributed by atoms with E-state index >= 15 is 0 Å². The van der Waals surface area contributed by atoms with Gasteiger partial charge >= 0.3 is 5.97 Å². The van der Waals surface area contributed by atoms with Crippen molar-refractivity contribution in [3.63, 3.8) is 0 Å². The van der Waals surface area contributed by atoms with Crippen LogP contribution in [0.1, 0.15) is 17.2 Å². The summed E-state index contributed by atoms with van der Waals surface area (Å²) >= 11 is 3.41. The monoisotopic (exact) mass is 319 g/mol. The smallest absolute Gasteiger partial charge is 0.330 e. The van der Waals surface area contributed by atoms with Crippen LogP contribution in [-0.4, -0.2) is 11.1 Å². The van der Waals surface area contributed by atoms with Gasteiger partial charge in [-0.3, -0.25) is 0 Å². The van der Waals surface area contributed by atoms with Gasteiger partial charge in [-0.15, -0.1) is 0 Å². The topological polar surface area (TPSA) is 49.3 Å². The number of hydrogen-bond acceptors (Lipinski definition) is 2. The van der Waals surface area contributed by atoms with E-state index in [1.54, 1.807) is 0 Å². The van der Waals surface area contributed by atoms with Gasteiger partial charge in [-0.1, -0.05) is 46.3 Å². The van der Waals surface area contributed by atoms with E-state index in [0.29, 0.717) is 0 Å². The van der Waals surface area contributed by atoms with Gasteiger partial charge in [0, 0.05) is 10.2 Å². The molecular weight excluding hydrogens is 306 g/mol. The first-order valence-corrected chi connectivity index (χ1v) is 6.67. The Kier molecular flexibility index (Phi) is 4.22. The molecule has 98 valence electrons. The van der Waals surface area contributed by atoms with Crippen LogP contribution in [0.4, 0.5) is 5.69 Å². The molecule has 3 nitrogen and oxygen atoms in total. The van der Waals surface area contributed by atoms with Crippen LogP contribution in [-0.2, 0) is 4.79 Å². The van der Waals surface area contributed by atoms with Crippen LogP contribution in [0.25, 0.3) is 0 Å². The summed E-state index contributed by atoms with van der Waals surface area (Å²) in [5, 5.41) is 12.4. The highest BCUT2D eigenvalue weighted by Gasteiger charge is 2.19. The molecule has 0 saturated carbocycles. The summed E-state index contributed by atoms with van der Waals surface area (Å²) in [5.74, 6) is -0.898. The van der Waals surface area contributed by atoms with Gasteiger partial charge in [0.25, 0.3) is 0 Å². The Balaban J connectivity index is 2.30. The molecule has 0 heterocycles. The molecule has 2 N–H and O–H groups in total. The summed E-state index contributed by atoms with van der Waals surface area (Å²) in [5.41, 5.74) is 2.53. The molecule has 2 rings (SSSR count). The summed E-state index contributed by atoms with van der Waals surface area (Å²) in [6.45, 7) is 1.94. The van der Waals surface area contributed by atoms with Gasteiger partial charge in [0.2, 0.25) is 0 Å². The third-order valence-corrected chi connectivity index (χ3v) is 3.74. The predicted molar refractivity (Wildman–Crippen MR) is 79.3 cm³/mol. The summed E-state index contributed by atoms with van der Waals surface area (Å²) < 4.78 is 0.972. The molecule has 0 aliphatic carbocycles. The highest BCUT2D eigenvalue weighted by molar-refractivity contribution is 9.10. The summed E-state index contributed by atoms with van der Waals surface area (Å²) in [6, 6.07) is 14.1. The normalized spacial score (nSPS) is 11.9. The molecule has 2 aromatic rings. The molecule has 0 radical (unpaired) electrons. The lowest BCUT2D eigenvalue weighted by Crippen LogP contribution is -2.20. The zero-order valence-electron chi connectivity index (χ0n) is 10.4. The minimum Gasteiger partial charge on any atom is -0.479 e. The highest BCUT2D eigenvalue weighted by Crippen LogP contribution is 2.24. The van der Waals surface area contributed by atoms with E-state index in [2.05, 4.69) is 21.2 Å². The van der Waals surface area contributed by atoms with Gasteiger partial charge in [0.1, 0.15) is 0 Å². The minimum absolute atomic E-state index is 0.733. The van der Waals surface area contributed by atoms with Crippen LogP contribution in [0.15, 0.2) is 53.0 Å². The maximum Gasteiger partial charge on any atom is 0.330 e. The molecule has 19 heavy (non-hydrogen) atoms. The molecule has 0 aromatic heterocycles. The fourth-order valence-corrected chi connectivity index (χ4v) is 2.08. The maximum atomic E-state index is 11.4. The van der Waals surface area contributed by atoms with Crippen LogP contribution in [0.5, 0.6) is 0 Å². The fraction of sp³-hybridized carbons (Fsp3) is 0.133. The zero-order chi connectivity index (χ0) is 13.8. The standard InChI is InChI=1S/C15H14BrNO2/c1-10-9-11(7-8-13(10)16)14(15(18)19)17-12-5-3-2-4-6-12/h2-9,14,17H,1H3,(H,18,19). The number of carboxylic acid groups (broad SMARTS) is 1. The number of carboxylic acids is 1. The molecule has 0 fully saturated rings. The lowest BCUT2D eigenvalue weighted by molar-refractivity contribution is -0.138. The van der Waals surface area contributed by atoms with Gasteiger partial charge < -0.3 is 10.4 Å². The SMILES string of the molecule is Cc1cc(C(Nc2ccccc2)C(=O)O)ccc1Br. The van der Waals surface area contributed by atoms with Crippen molar-refractivity contribution in [2.45, 2.75) is 13.0 Å². The second kappa shape index (κ2) is 5.89. The largest absolute Gasteiger partial charge is 0.479 e. The Hall–Kier alpha value is -1.81. The molecule has 4 heteroatoms. The van der Waals surface area contributed by atoms with Gasteiger partial charge in [-0.25, -0.2) is 4.79 Å². The number of hydrogen-bond donors (Lipinski definition) is 2. The predicted octanol–water partition coefficient (Wildman–Crippen LogP) is 4.00. The first kappa shape index (κ1) is 13.6. The number of para-hydroxylation sites is 1. The molecule has 0 aliphatic heterocycles. The lowest BCUT2D eigenvalue weighted by Gasteiger charge is -2.17. The maximum absolute atomic E-state index is 11.4. The Morgan fingerprint density at radius 3 is 2.47 bits per heavy atom. The van der Waals surface area contributed by atoms with Crippen LogP contribution < -0.4 is 5.32 Å². The average molecular weight is 320 g/mol. The van der Waals surface area contributed by atoms with E-state index in [-0.39, 0.29) is 0 Å². The van der Waals surface area contributed by atoms with Crippen molar-refractivity contribution in [3.05, 3.63) is 64.1 Å². The second-order valence-electron chi connectivity index (χ2n) is 4.29. The quantitative estimate of drug-likeness (QED) is 0.895. The van der Waals surface area contributed by atoms with Crippen molar-refractivity contribution in [2.75, 3.05) is 5.32 Å². The van der Waals surface area contributed by atoms with Crippen molar-refractivity contribution in [3.8, 4) is 0 Å². The third kappa shape index (κ3) is 3.35. The molecule has 1 unspecified atom stereocenters. The number of aliphatic carboxylic acids is 1. The van der Waals surface area contributed by atoms with Gasteiger partial charge in [0.05, 0.1) is 0 Å². The van der Waals surface area contributed by atoms with Crippen molar-refractivity contribution in [2.24, 2.45) is 0 Å². The first-order chi connectivity index (χ1) is 9.08. The average Bonchev–Trinajstić information content (AvgIpc) is 2.40. The van der Waals surface area contributed by atoms with Gasteiger partial charge in [0.15, 0.2) is 6.04 Å². The van der Waals surface area contributed by atoms with Crippen molar-refractivity contribution < 1.29 is 9.90 Å². The first-order valence-electron chi connectivity index (χ1n) is 5.88. The molecule has 2 aromatic carbocycles. The second-order valence-corrected chi connectivity index (χ2v) is 5.14. The van der Waals surface area contributed by atoms with Crippen LogP contribution in [0.3, 0.4) is 0 Å². The van der Waals surface area contributed by atoms with E-state index in [9.17, 15) is 9.90 Å². The number of carbonyl (C=O) groups is 1. The molecule has 1 atom stereocenters. The summed E-state index contributed by atoms with van der Waals surface area (Å²) in [7, 11) is 0. The fourth-order valence-electron chi connectivity index (χ4n) is 1.84. The van der Waals surface area contributed by atoms with Crippen molar-refractivity contribution >= 4 is 27.6 Å². The van der Waals surface area contributed by atoms with E-state index in [4.69, 9.17) is 0 Å². The van der Waals surface area contributed by atoms with Gasteiger partial charge in [-0.2, -0.15) is 0 Å². The molecule has 0 aliphatic rings. The number of halogens is 1. The molecule has 0 bridgehead atoms. The number of nitrogens with one attached hydrogen (secondary N) is 1. The Morgan fingerprint density at radius 2 is 1.89 bits per heavy atom. The molecule has 0 amide bonds. The van der Waals surface area contributed by atoms with Crippen LogP contribution >= 0.6 is 15.9 Å². The van der Waals surface area contributed by atoms with Crippen molar-refractivity contribution in [1.29, 1.82) is 0 Å². The minimum atomic E-state index is -0.898. The number of benzene rings is 2. The van der Waals surface area contributed by atoms with Crippen LogP contribution in [0, 0.1) is 6.92 Å². The zero-order valence-corrected chi connectivity index (χ0v) is 12.0. The number of aryl methyl sites for hydroxylation is 1. The van der Waals surface area contributed by atoms with E-state index < -0.39 is 12.0 Å². The Morgan fingerprint density at radius 1 is 1.21 bits per heavy atom. The number of anilines is 1. The van der Waals surface area contributed by atoms with E-state index in [1.165, 1.54) is 0 Å². The van der Waals surface area contributed by atoms with Gasteiger partial charge in [-0.05, 0) is 36.2 Å². The highest BCUT2D eigenvalue weighted by atomic mass is 79.9. The van der Waals surface area contributed by atoms with Crippen molar-refractivity contribution in [1.82, 2.24) is 0 Å². The number of rotatable bonds is 4. The summed E-state index contributed by atoms with van der Waals surface area (Å²) in [4.78, 5) is 11.4. The van der Waals surface area contributed by atoms with E-state index in [1.807, 2.05) is 55.5 Å².